The summed E-state index contributed by atoms with van der Waals surface area (Å²) in [6, 6.07) is 9.60. The van der Waals surface area contributed by atoms with Gasteiger partial charge >= 0.3 is 0 Å². The molecule has 1 N–H and O–H groups in total. The van der Waals surface area contributed by atoms with Crippen molar-refractivity contribution in [1.29, 1.82) is 0 Å². The van der Waals surface area contributed by atoms with Crippen LogP contribution in [0.1, 0.15) is 23.7 Å². The second-order valence-electron chi connectivity index (χ2n) is 6.62. The van der Waals surface area contributed by atoms with Crippen molar-refractivity contribution in [2.45, 2.75) is 13.3 Å². The summed E-state index contributed by atoms with van der Waals surface area (Å²) in [6.07, 6.45) is 9.63. The number of amides is 1. The van der Waals surface area contributed by atoms with E-state index in [1.807, 2.05) is 43.5 Å². The van der Waals surface area contributed by atoms with Crippen LogP contribution in [-0.2, 0) is 0 Å². The molecule has 29 heavy (non-hydrogen) atoms. The van der Waals surface area contributed by atoms with E-state index in [-0.39, 0.29) is 5.91 Å². The summed E-state index contributed by atoms with van der Waals surface area (Å²) in [4.78, 5) is 21.1. The Labute approximate surface area is 168 Å². The number of aromatic nitrogens is 4. The number of hydrogen-bond donors (Lipinski definition) is 1. The summed E-state index contributed by atoms with van der Waals surface area (Å²) >= 11 is 0. The van der Waals surface area contributed by atoms with Gasteiger partial charge in [0.15, 0.2) is 5.65 Å². The molecule has 1 aromatic carbocycles. The predicted octanol–water partition coefficient (Wildman–Crippen LogP) is 3.61. The van der Waals surface area contributed by atoms with E-state index < -0.39 is 0 Å². The number of nitrogens with one attached hydrogen (secondary N) is 1. The van der Waals surface area contributed by atoms with E-state index in [4.69, 9.17) is 4.74 Å². The van der Waals surface area contributed by atoms with Gasteiger partial charge in [-0.15, -0.1) is 0 Å². The first kappa shape index (κ1) is 18.6. The average Bonchev–Trinajstić information content (AvgIpc) is 3.21. The summed E-state index contributed by atoms with van der Waals surface area (Å²) in [5, 5.41) is 7.31. The van der Waals surface area contributed by atoms with Crippen molar-refractivity contribution in [3.63, 3.8) is 0 Å². The van der Waals surface area contributed by atoms with Crippen LogP contribution in [0.4, 0.5) is 0 Å². The van der Waals surface area contributed by atoms with Gasteiger partial charge in [0.05, 0.1) is 18.9 Å². The summed E-state index contributed by atoms with van der Waals surface area (Å²) in [7, 11) is 1.64. The van der Waals surface area contributed by atoms with E-state index in [0.717, 1.165) is 34.4 Å². The molecule has 0 aliphatic rings. The zero-order chi connectivity index (χ0) is 20.2. The molecule has 0 saturated heterocycles. The number of benzene rings is 1. The summed E-state index contributed by atoms with van der Waals surface area (Å²) < 4.78 is 7.03. The maximum atomic E-state index is 12.2. The van der Waals surface area contributed by atoms with E-state index in [2.05, 4.69) is 20.4 Å². The normalized spacial score (nSPS) is 10.8. The van der Waals surface area contributed by atoms with Crippen LogP contribution < -0.4 is 10.1 Å². The standard InChI is InChI=1S/C22H21N5O2/c1-3-7-24-22(28)17-8-16(10-23-11-17)20-13-26-27-14-18(12-25-21(20)27)15-5-4-6-19(9-15)29-2/h4-6,8-14H,3,7H2,1-2H3,(H,24,28). The first-order valence-corrected chi connectivity index (χ1v) is 9.41. The molecule has 0 unspecified atom stereocenters. The van der Waals surface area contributed by atoms with Crippen molar-refractivity contribution in [1.82, 2.24) is 24.9 Å². The van der Waals surface area contributed by atoms with Gasteiger partial charge in [-0.1, -0.05) is 19.1 Å². The molecule has 0 atom stereocenters. The number of carbonyl (C=O) groups is 1. The van der Waals surface area contributed by atoms with Crippen molar-refractivity contribution in [3.05, 3.63) is 66.9 Å². The third-order valence-corrected chi connectivity index (χ3v) is 4.61. The number of carbonyl (C=O) groups excluding carboxylic acids is 1. The minimum Gasteiger partial charge on any atom is -0.497 e. The van der Waals surface area contributed by atoms with Gasteiger partial charge in [-0.05, 0) is 30.2 Å². The first-order valence-electron chi connectivity index (χ1n) is 9.41. The Hall–Kier alpha value is -3.74. The highest BCUT2D eigenvalue weighted by Gasteiger charge is 2.13. The highest BCUT2D eigenvalue weighted by molar-refractivity contribution is 5.95. The number of hydrogen-bond acceptors (Lipinski definition) is 5. The Morgan fingerprint density at radius 1 is 1.10 bits per heavy atom. The molecule has 146 valence electrons. The Bertz CT molecular complexity index is 1170. The van der Waals surface area contributed by atoms with Gasteiger partial charge in [-0.25, -0.2) is 9.50 Å². The molecule has 0 bridgehead atoms. The Balaban J connectivity index is 1.69. The smallest absolute Gasteiger partial charge is 0.252 e. The molecule has 0 radical (unpaired) electrons. The van der Waals surface area contributed by atoms with Gasteiger partial charge in [0.2, 0.25) is 0 Å². The molecule has 7 nitrogen and oxygen atoms in total. The van der Waals surface area contributed by atoms with Crippen LogP contribution in [0.25, 0.3) is 27.9 Å². The van der Waals surface area contributed by atoms with Crippen molar-refractivity contribution in [2.75, 3.05) is 13.7 Å². The third-order valence-electron chi connectivity index (χ3n) is 4.61. The number of methoxy groups -OCH3 is 1. The lowest BCUT2D eigenvalue weighted by Crippen LogP contribution is -2.24. The quantitative estimate of drug-likeness (QED) is 0.547. The lowest BCUT2D eigenvalue weighted by atomic mass is 10.1. The minimum absolute atomic E-state index is 0.133. The van der Waals surface area contributed by atoms with Gasteiger partial charge in [0, 0.05) is 48.0 Å². The number of fused-ring (bicyclic) bond motifs is 1. The third kappa shape index (κ3) is 3.80. The summed E-state index contributed by atoms with van der Waals surface area (Å²) in [5.74, 6) is 0.652. The largest absolute Gasteiger partial charge is 0.497 e. The van der Waals surface area contributed by atoms with Gasteiger partial charge < -0.3 is 10.1 Å². The first-order chi connectivity index (χ1) is 14.2. The molecule has 0 aliphatic carbocycles. The fraction of sp³-hybridized carbons (Fsp3) is 0.182. The second-order valence-corrected chi connectivity index (χ2v) is 6.62. The lowest BCUT2D eigenvalue weighted by molar-refractivity contribution is 0.0953. The maximum Gasteiger partial charge on any atom is 0.252 e. The van der Waals surface area contributed by atoms with Gasteiger partial charge in [0.1, 0.15) is 5.75 Å². The van der Waals surface area contributed by atoms with Crippen molar-refractivity contribution >= 4 is 11.6 Å². The molecule has 7 heteroatoms. The molecular weight excluding hydrogens is 366 g/mol. The van der Waals surface area contributed by atoms with Crippen LogP contribution in [0.15, 0.2) is 61.3 Å². The topological polar surface area (TPSA) is 81.4 Å². The number of pyridine rings is 1. The summed E-state index contributed by atoms with van der Waals surface area (Å²) in [5.41, 5.74) is 4.75. The van der Waals surface area contributed by atoms with E-state index in [0.29, 0.717) is 17.8 Å². The van der Waals surface area contributed by atoms with Crippen LogP contribution in [0, 0.1) is 0 Å². The monoisotopic (exact) mass is 387 g/mol. The van der Waals surface area contributed by atoms with Crippen LogP contribution in [0.2, 0.25) is 0 Å². The zero-order valence-electron chi connectivity index (χ0n) is 16.3. The molecule has 0 spiro atoms. The van der Waals surface area contributed by atoms with Gasteiger partial charge in [-0.3, -0.25) is 9.78 Å². The molecule has 4 aromatic rings. The van der Waals surface area contributed by atoms with Crippen LogP contribution in [0.3, 0.4) is 0 Å². The number of ether oxygens (including phenoxy) is 1. The summed E-state index contributed by atoms with van der Waals surface area (Å²) in [6.45, 7) is 2.65. The minimum atomic E-state index is -0.133. The molecule has 0 aliphatic heterocycles. The number of rotatable bonds is 6. The SMILES string of the molecule is CCCNC(=O)c1cncc(-c2cnn3cc(-c4cccc(OC)c4)cnc23)c1. The lowest BCUT2D eigenvalue weighted by Gasteiger charge is -2.06. The number of nitrogens with zero attached hydrogens (tertiary/aromatic N) is 4. The van der Waals surface area contributed by atoms with Gasteiger partial charge in [0.25, 0.3) is 5.91 Å². The average molecular weight is 387 g/mol. The van der Waals surface area contributed by atoms with Crippen molar-refractivity contribution < 1.29 is 9.53 Å². The Morgan fingerprint density at radius 3 is 2.83 bits per heavy atom. The fourth-order valence-corrected chi connectivity index (χ4v) is 3.08. The van der Waals surface area contributed by atoms with E-state index in [1.54, 1.807) is 36.4 Å². The highest BCUT2D eigenvalue weighted by atomic mass is 16.5. The molecule has 3 aromatic heterocycles. The molecular formula is C22H21N5O2. The Kier molecular flexibility index (Phi) is 5.20. The van der Waals surface area contributed by atoms with Crippen molar-refractivity contribution in [2.24, 2.45) is 0 Å². The van der Waals surface area contributed by atoms with E-state index in [1.165, 1.54) is 0 Å². The zero-order valence-corrected chi connectivity index (χ0v) is 16.3. The Morgan fingerprint density at radius 2 is 2.00 bits per heavy atom. The van der Waals surface area contributed by atoms with E-state index >= 15 is 0 Å². The fourth-order valence-electron chi connectivity index (χ4n) is 3.08. The van der Waals surface area contributed by atoms with Crippen molar-refractivity contribution in [3.8, 4) is 28.0 Å². The van der Waals surface area contributed by atoms with Crippen LogP contribution in [-0.4, -0.2) is 39.1 Å². The van der Waals surface area contributed by atoms with Crippen LogP contribution in [0.5, 0.6) is 5.75 Å². The van der Waals surface area contributed by atoms with Crippen LogP contribution >= 0.6 is 0 Å². The van der Waals surface area contributed by atoms with Gasteiger partial charge in [-0.2, -0.15) is 5.10 Å². The second kappa shape index (κ2) is 8.10. The van der Waals surface area contributed by atoms with E-state index in [9.17, 15) is 4.79 Å². The molecule has 0 fully saturated rings. The highest BCUT2D eigenvalue weighted by Crippen LogP contribution is 2.27. The molecule has 3 heterocycles. The molecule has 1 amide bonds. The maximum absolute atomic E-state index is 12.2. The molecule has 0 saturated carbocycles. The molecule has 4 rings (SSSR count). The predicted molar refractivity (Wildman–Crippen MR) is 111 cm³/mol.